The minimum atomic E-state index is -0.835. The Morgan fingerprint density at radius 2 is 2.00 bits per heavy atom. The summed E-state index contributed by atoms with van der Waals surface area (Å²) in [5.41, 5.74) is 1.20. The van der Waals surface area contributed by atoms with Gasteiger partial charge in [-0.05, 0) is 18.4 Å². The zero-order chi connectivity index (χ0) is 10.4. The summed E-state index contributed by atoms with van der Waals surface area (Å²) in [6.07, 6.45) is 1.58. The van der Waals surface area contributed by atoms with Gasteiger partial charge in [0.15, 0.2) is 0 Å². The fourth-order valence-corrected chi connectivity index (χ4v) is 1.50. The SMILES string of the molecule is O=C(O)CC(Cl)CCc1ccccc1. The van der Waals surface area contributed by atoms with Crippen molar-refractivity contribution in [3.63, 3.8) is 0 Å². The van der Waals surface area contributed by atoms with Crippen molar-refractivity contribution in [2.75, 3.05) is 0 Å². The second-order valence-electron chi connectivity index (χ2n) is 3.22. The first-order valence-electron chi connectivity index (χ1n) is 4.58. The highest BCUT2D eigenvalue weighted by atomic mass is 35.5. The van der Waals surface area contributed by atoms with Crippen molar-refractivity contribution in [1.82, 2.24) is 0 Å². The van der Waals surface area contributed by atoms with E-state index in [0.717, 1.165) is 6.42 Å². The first kappa shape index (κ1) is 11.1. The minimum Gasteiger partial charge on any atom is -0.481 e. The van der Waals surface area contributed by atoms with Crippen molar-refractivity contribution in [2.45, 2.75) is 24.6 Å². The predicted octanol–water partition coefficient (Wildman–Crippen LogP) is 2.70. The van der Waals surface area contributed by atoms with Crippen LogP contribution in [0.15, 0.2) is 30.3 Å². The van der Waals surface area contributed by atoms with E-state index in [4.69, 9.17) is 16.7 Å². The molecule has 1 aromatic rings. The molecule has 3 heteroatoms. The summed E-state index contributed by atoms with van der Waals surface area (Å²) in [5, 5.41) is 8.23. The summed E-state index contributed by atoms with van der Waals surface area (Å²) < 4.78 is 0. The van der Waals surface area contributed by atoms with Gasteiger partial charge in [0.1, 0.15) is 0 Å². The van der Waals surface area contributed by atoms with Gasteiger partial charge in [0.2, 0.25) is 0 Å². The topological polar surface area (TPSA) is 37.3 Å². The third-order valence-electron chi connectivity index (χ3n) is 1.99. The van der Waals surface area contributed by atoms with E-state index in [0.29, 0.717) is 6.42 Å². The van der Waals surface area contributed by atoms with Gasteiger partial charge >= 0.3 is 5.97 Å². The number of rotatable bonds is 5. The third kappa shape index (κ3) is 4.28. The second-order valence-corrected chi connectivity index (χ2v) is 3.84. The van der Waals surface area contributed by atoms with Gasteiger partial charge in [-0.3, -0.25) is 4.79 Å². The number of halogens is 1. The molecule has 1 unspecified atom stereocenters. The normalized spacial score (nSPS) is 12.4. The molecule has 0 aliphatic rings. The van der Waals surface area contributed by atoms with Gasteiger partial charge < -0.3 is 5.11 Å². The maximum Gasteiger partial charge on any atom is 0.304 e. The van der Waals surface area contributed by atoms with Gasteiger partial charge in [-0.1, -0.05) is 30.3 Å². The number of hydrogen-bond acceptors (Lipinski definition) is 1. The van der Waals surface area contributed by atoms with Crippen molar-refractivity contribution in [3.05, 3.63) is 35.9 Å². The van der Waals surface area contributed by atoms with Gasteiger partial charge in [0.25, 0.3) is 0 Å². The maximum atomic E-state index is 10.3. The van der Waals surface area contributed by atoms with Crippen molar-refractivity contribution < 1.29 is 9.90 Å². The molecule has 1 rings (SSSR count). The number of benzene rings is 1. The van der Waals surface area contributed by atoms with E-state index in [1.807, 2.05) is 30.3 Å². The summed E-state index contributed by atoms with van der Waals surface area (Å²) in [6.45, 7) is 0. The average molecular weight is 213 g/mol. The molecule has 0 aromatic heterocycles. The lowest BCUT2D eigenvalue weighted by atomic mass is 10.1. The number of hydrogen-bond donors (Lipinski definition) is 1. The number of carboxylic acid groups (broad SMARTS) is 1. The Kier molecular flexibility index (Phi) is 4.47. The number of aryl methyl sites for hydroxylation is 1. The molecule has 0 heterocycles. The molecule has 0 saturated heterocycles. The van der Waals surface area contributed by atoms with Crippen LogP contribution in [-0.4, -0.2) is 16.5 Å². The van der Waals surface area contributed by atoms with E-state index in [2.05, 4.69) is 0 Å². The first-order valence-corrected chi connectivity index (χ1v) is 5.02. The van der Waals surface area contributed by atoms with E-state index < -0.39 is 5.97 Å². The molecule has 0 spiro atoms. The Balaban J connectivity index is 2.30. The molecule has 76 valence electrons. The van der Waals surface area contributed by atoms with Crippen molar-refractivity contribution in [1.29, 1.82) is 0 Å². The highest BCUT2D eigenvalue weighted by Crippen LogP contribution is 2.12. The van der Waals surface area contributed by atoms with Crippen LogP contribution in [0.4, 0.5) is 0 Å². The largest absolute Gasteiger partial charge is 0.481 e. The fraction of sp³-hybridized carbons (Fsp3) is 0.364. The molecule has 0 aliphatic heterocycles. The molecular formula is C11H13ClO2. The monoisotopic (exact) mass is 212 g/mol. The summed E-state index contributed by atoms with van der Waals surface area (Å²) in [5.74, 6) is -0.835. The van der Waals surface area contributed by atoms with Gasteiger partial charge in [0.05, 0.1) is 6.42 Å². The molecule has 0 aliphatic carbocycles. The Morgan fingerprint density at radius 1 is 1.36 bits per heavy atom. The summed E-state index contributed by atoms with van der Waals surface area (Å²) >= 11 is 5.84. The molecule has 1 atom stereocenters. The van der Waals surface area contributed by atoms with Crippen LogP contribution in [0.1, 0.15) is 18.4 Å². The predicted molar refractivity (Wildman–Crippen MR) is 56.7 cm³/mol. The van der Waals surface area contributed by atoms with Crippen LogP contribution in [-0.2, 0) is 11.2 Å². The lowest BCUT2D eigenvalue weighted by Crippen LogP contribution is -2.08. The number of aliphatic carboxylic acids is 1. The second kappa shape index (κ2) is 5.66. The fourth-order valence-electron chi connectivity index (χ4n) is 1.26. The molecule has 1 N–H and O–H groups in total. The van der Waals surface area contributed by atoms with E-state index in [1.54, 1.807) is 0 Å². The molecule has 0 fully saturated rings. The van der Waals surface area contributed by atoms with E-state index in [1.165, 1.54) is 5.56 Å². The standard InChI is InChI=1S/C11H13ClO2/c12-10(8-11(13)14)7-6-9-4-2-1-3-5-9/h1-5,10H,6-8H2,(H,13,14). The number of carboxylic acids is 1. The highest BCUT2D eigenvalue weighted by Gasteiger charge is 2.09. The molecule has 0 radical (unpaired) electrons. The molecule has 0 amide bonds. The Bertz CT molecular complexity index is 285. The number of carbonyl (C=O) groups is 1. The zero-order valence-corrected chi connectivity index (χ0v) is 8.57. The molecular weight excluding hydrogens is 200 g/mol. The molecule has 1 aromatic carbocycles. The summed E-state index contributed by atoms with van der Waals surface area (Å²) in [4.78, 5) is 10.3. The average Bonchev–Trinajstić information content (AvgIpc) is 2.15. The van der Waals surface area contributed by atoms with Crippen LogP contribution in [0.2, 0.25) is 0 Å². The van der Waals surface area contributed by atoms with Gasteiger partial charge in [-0.15, -0.1) is 11.6 Å². The minimum absolute atomic E-state index is 0.0361. The van der Waals surface area contributed by atoms with Gasteiger partial charge in [-0.25, -0.2) is 0 Å². The van der Waals surface area contributed by atoms with E-state index >= 15 is 0 Å². The smallest absolute Gasteiger partial charge is 0.304 e. The van der Waals surface area contributed by atoms with Crippen LogP contribution in [0.3, 0.4) is 0 Å². The van der Waals surface area contributed by atoms with E-state index in [9.17, 15) is 4.79 Å². The van der Waals surface area contributed by atoms with Crippen LogP contribution >= 0.6 is 11.6 Å². The number of alkyl halides is 1. The maximum absolute atomic E-state index is 10.3. The summed E-state index contributed by atoms with van der Waals surface area (Å²) in [7, 11) is 0. The van der Waals surface area contributed by atoms with Crippen molar-refractivity contribution in [3.8, 4) is 0 Å². The van der Waals surface area contributed by atoms with Crippen LogP contribution < -0.4 is 0 Å². The Morgan fingerprint density at radius 3 is 2.57 bits per heavy atom. The third-order valence-corrected chi connectivity index (χ3v) is 2.36. The molecule has 0 saturated carbocycles. The van der Waals surface area contributed by atoms with Crippen LogP contribution in [0, 0.1) is 0 Å². The molecule has 0 bridgehead atoms. The first-order chi connectivity index (χ1) is 6.68. The van der Waals surface area contributed by atoms with Crippen molar-refractivity contribution >= 4 is 17.6 Å². The lowest BCUT2D eigenvalue weighted by molar-refractivity contribution is -0.137. The quantitative estimate of drug-likeness (QED) is 0.762. The van der Waals surface area contributed by atoms with Gasteiger partial charge in [-0.2, -0.15) is 0 Å². The Hall–Kier alpha value is -1.02. The van der Waals surface area contributed by atoms with Crippen LogP contribution in [0.5, 0.6) is 0 Å². The van der Waals surface area contributed by atoms with Crippen LogP contribution in [0.25, 0.3) is 0 Å². The Labute approximate surface area is 88.5 Å². The highest BCUT2D eigenvalue weighted by molar-refractivity contribution is 6.21. The lowest BCUT2D eigenvalue weighted by Gasteiger charge is -2.05. The van der Waals surface area contributed by atoms with Gasteiger partial charge in [0, 0.05) is 5.38 Å². The summed E-state index contributed by atoms with van der Waals surface area (Å²) in [6, 6.07) is 9.93. The molecule has 14 heavy (non-hydrogen) atoms. The zero-order valence-electron chi connectivity index (χ0n) is 7.82. The molecule has 2 nitrogen and oxygen atoms in total. The van der Waals surface area contributed by atoms with Crippen molar-refractivity contribution in [2.24, 2.45) is 0 Å². The van der Waals surface area contributed by atoms with E-state index in [-0.39, 0.29) is 11.8 Å².